The molecule has 2 fully saturated rings. The average molecular weight is 483 g/mol. The second-order valence-corrected chi connectivity index (χ2v) is 10.9. The Labute approximate surface area is 211 Å². The van der Waals surface area contributed by atoms with Crippen LogP contribution in [0.2, 0.25) is 0 Å². The van der Waals surface area contributed by atoms with E-state index in [4.69, 9.17) is 14.2 Å². The normalized spacial score (nSPS) is 39.9. The third-order valence-electron chi connectivity index (χ3n) is 8.51. The molecule has 7 unspecified atom stereocenters. The molecule has 2 bridgehead atoms. The Morgan fingerprint density at radius 3 is 2.40 bits per heavy atom. The molecule has 0 aromatic heterocycles. The van der Waals surface area contributed by atoms with Gasteiger partial charge in [-0.2, -0.15) is 0 Å². The Balaban J connectivity index is 1.68. The largest absolute Gasteiger partial charge is 0.460 e. The van der Waals surface area contributed by atoms with Crippen molar-refractivity contribution >= 4 is 11.8 Å². The number of allylic oxidation sites excluding steroid dienone is 6. The molecular weight excluding hydrogens is 440 g/mol. The summed E-state index contributed by atoms with van der Waals surface area (Å²) in [6.07, 6.45) is 17.5. The third-order valence-corrected chi connectivity index (χ3v) is 8.51. The lowest BCUT2D eigenvalue weighted by Crippen LogP contribution is -2.43. The molecule has 0 N–H and O–H groups in total. The highest BCUT2D eigenvalue weighted by molar-refractivity contribution is 6.10. The first kappa shape index (κ1) is 27.3. The molecule has 5 nitrogen and oxygen atoms in total. The summed E-state index contributed by atoms with van der Waals surface area (Å²) in [6, 6.07) is 0. The highest BCUT2D eigenvalue weighted by Crippen LogP contribution is 2.60. The van der Waals surface area contributed by atoms with E-state index in [0.29, 0.717) is 6.61 Å². The van der Waals surface area contributed by atoms with Crippen LogP contribution in [-0.4, -0.2) is 36.9 Å². The van der Waals surface area contributed by atoms with Gasteiger partial charge in [-0.15, -0.1) is 0 Å². The van der Waals surface area contributed by atoms with E-state index in [2.05, 4.69) is 46.8 Å². The molecule has 7 atom stereocenters. The molecule has 0 spiro atoms. The van der Waals surface area contributed by atoms with Gasteiger partial charge >= 0.3 is 5.97 Å². The lowest BCUT2D eigenvalue weighted by atomic mass is 9.68. The number of fused-ring (bicyclic) bond motifs is 2. The van der Waals surface area contributed by atoms with Gasteiger partial charge in [0, 0.05) is 12.0 Å². The fourth-order valence-electron chi connectivity index (χ4n) is 5.47. The monoisotopic (exact) mass is 482 g/mol. The van der Waals surface area contributed by atoms with Gasteiger partial charge in [-0.25, -0.2) is 0 Å². The number of hydrogen-bond donors (Lipinski definition) is 0. The van der Waals surface area contributed by atoms with E-state index in [1.165, 1.54) is 5.57 Å². The van der Waals surface area contributed by atoms with Crippen LogP contribution in [0.25, 0.3) is 0 Å². The second-order valence-electron chi connectivity index (χ2n) is 10.9. The highest BCUT2D eigenvalue weighted by Gasteiger charge is 2.73. The minimum Gasteiger partial charge on any atom is -0.460 e. The van der Waals surface area contributed by atoms with Crippen molar-refractivity contribution < 1.29 is 23.8 Å². The van der Waals surface area contributed by atoms with E-state index in [9.17, 15) is 9.59 Å². The van der Waals surface area contributed by atoms with E-state index >= 15 is 0 Å². The zero-order chi connectivity index (χ0) is 26.0. The van der Waals surface area contributed by atoms with Crippen molar-refractivity contribution in [3.63, 3.8) is 0 Å². The maximum absolute atomic E-state index is 12.7. The molecule has 35 heavy (non-hydrogen) atoms. The van der Waals surface area contributed by atoms with Crippen molar-refractivity contribution in [3.05, 3.63) is 59.8 Å². The summed E-state index contributed by atoms with van der Waals surface area (Å²) in [5.41, 5.74) is 0.307. The Hall–Kier alpha value is -2.24. The van der Waals surface area contributed by atoms with Crippen LogP contribution in [0.4, 0.5) is 0 Å². The van der Waals surface area contributed by atoms with Crippen molar-refractivity contribution in [2.24, 2.45) is 22.2 Å². The van der Waals surface area contributed by atoms with E-state index < -0.39 is 22.9 Å². The molecule has 0 amide bonds. The first-order chi connectivity index (χ1) is 16.4. The maximum Gasteiger partial charge on any atom is 0.320 e. The quantitative estimate of drug-likeness (QED) is 0.127. The van der Waals surface area contributed by atoms with Gasteiger partial charge in [0.25, 0.3) is 0 Å². The van der Waals surface area contributed by atoms with Gasteiger partial charge < -0.3 is 14.2 Å². The number of rotatable bonds is 9. The van der Waals surface area contributed by atoms with E-state index in [1.54, 1.807) is 6.92 Å². The molecule has 0 aromatic rings. The molecule has 192 valence electrons. The van der Waals surface area contributed by atoms with Crippen LogP contribution in [0.3, 0.4) is 0 Å². The maximum atomic E-state index is 12.7. The Kier molecular flexibility index (Phi) is 8.12. The third kappa shape index (κ3) is 4.65. The van der Waals surface area contributed by atoms with Crippen molar-refractivity contribution in [2.45, 2.75) is 86.7 Å². The first-order valence-electron chi connectivity index (χ1n) is 12.8. The second kappa shape index (κ2) is 10.4. The molecule has 1 saturated carbocycles. The standard InChI is InChI=1S/C30H42O5/c1-9-10-18-33-27-28(6,19-20(2)23(5)34-27)21(3)16-14-12-11-13-15-17-29(7)25-22(4)24(31)30(29,8)26(32)35-25/h11-17,19,22-23,25,27H,9-10,18H2,1-8H3. The Bertz CT molecular complexity index is 985. The summed E-state index contributed by atoms with van der Waals surface area (Å²) in [6.45, 7) is 16.8. The van der Waals surface area contributed by atoms with Gasteiger partial charge in [-0.1, -0.05) is 81.4 Å². The Morgan fingerprint density at radius 1 is 1.09 bits per heavy atom. The number of esters is 1. The number of unbranched alkanes of at least 4 members (excludes halogenated alkanes) is 1. The van der Waals surface area contributed by atoms with Crippen LogP contribution < -0.4 is 0 Å². The zero-order valence-corrected chi connectivity index (χ0v) is 22.6. The zero-order valence-electron chi connectivity index (χ0n) is 22.6. The first-order valence-corrected chi connectivity index (χ1v) is 12.8. The summed E-state index contributed by atoms with van der Waals surface area (Å²) in [5.74, 6) is -0.700. The van der Waals surface area contributed by atoms with E-state index in [-0.39, 0.29) is 29.5 Å². The average Bonchev–Trinajstić information content (AvgIpc) is 3.09. The van der Waals surface area contributed by atoms with Crippen LogP contribution >= 0.6 is 0 Å². The van der Waals surface area contributed by atoms with Crippen LogP contribution in [0.5, 0.6) is 0 Å². The number of hydrogen-bond acceptors (Lipinski definition) is 5. The molecule has 2 heterocycles. The van der Waals surface area contributed by atoms with Crippen LogP contribution in [0.15, 0.2) is 59.8 Å². The van der Waals surface area contributed by atoms with Gasteiger partial charge in [0.2, 0.25) is 0 Å². The summed E-state index contributed by atoms with van der Waals surface area (Å²) in [4.78, 5) is 25.0. The fourth-order valence-corrected chi connectivity index (χ4v) is 5.47. The molecule has 5 heteroatoms. The summed E-state index contributed by atoms with van der Waals surface area (Å²) in [5, 5.41) is 0. The van der Waals surface area contributed by atoms with Crippen molar-refractivity contribution in [2.75, 3.05) is 6.61 Å². The fraction of sp³-hybridized carbons (Fsp3) is 0.600. The van der Waals surface area contributed by atoms with Gasteiger partial charge in [0.1, 0.15) is 11.5 Å². The lowest BCUT2D eigenvalue weighted by Gasteiger charge is -2.42. The lowest BCUT2D eigenvalue weighted by molar-refractivity contribution is -0.204. The van der Waals surface area contributed by atoms with E-state index in [0.717, 1.165) is 18.4 Å². The molecule has 2 aliphatic heterocycles. The van der Waals surface area contributed by atoms with Crippen molar-refractivity contribution in [3.8, 4) is 0 Å². The van der Waals surface area contributed by atoms with Crippen LogP contribution in [0.1, 0.15) is 68.2 Å². The van der Waals surface area contributed by atoms with Crippen LogP contribution in [0, 0.1) is 22.2 Å². The SMILES string of the molecule is CCCCOC1OC(C)C(C)=CC1(C)C(C)=CC=CC=CC=CC1(C)C2OC(=O)C1(C)C(=O)C2C. The number of ketones is 1. The van der Waals surface area contributed by atoms with Gasteiger partial charge in [-0.3, -0.25) is 9.59 Å². The summed E-state index contributed by atoms with van der Waals surface area (Å²) >= 11 is 0. The summed E-state index contributed by atoms with van der Waals surface area (Å²) < 4.78 is 17.9. The van der Waals surface area contributed by atoms with Crippen LogP contribution in [-0.2, 0) is 23.8 Å². The summed E-state index contributed by atoms with van der Waals surface area (Å²) in [7, 11) is 0. The topological polar surface area (TPSA) is 61.8 Å². The van der Waals surface area contributed by atoms with Gasteiger partial charge in [0.15, 0.2) is 12.1 Å². The predicted octanol–water partition coefficient (Wildman–Crippen LogP) is 6.27. The minimum atomic E-state index is -1.10. The number of ether oxygens (including phenoxy) is 3. The molecule has 1 aliphatic carbocycles. The smallest absolute Gasteiger partial charge is 0.320 e. The molecule has 1 saturated heterocycles. The molecule has 0 aromatic carbocycles. The van der Waals surface area contributed by atoms with Crippen molar-refractivity contribution in [1.82, 2.24) is 0 Å². The van der Waals surface area contributed by atoms with Gasteiger partial charge in [0.05, 0.1) is 17.4 Å². The highest BCUT2D eigenvalue weighted by atomic mass is 16.7. The number of carbonyl (C=O) groups excluding carboxylic acids is 2. The van der Waals surface area contributed by atoms with Gasteiger partial charge in [-0.05, 0) is 46.6 Å². The number of Topliss-reactive ketones (excluding diaryl/α,β-unsaturated/α-hetero) is 1. The van der Waals surface area contributed by atoms with Crippen molar-refractivity contribution in [1.29, 1.82) is 0 Å². The molecular formula is C30H42O5. The minimum absolute atomic E-state index is 0.0220. The molecule has 0 radical (unpaired) electrons. The van der Waals surface area contributed by atoms with E-state index in [1.807, 2.05) is 50.3 Å². The molecule has 3 aliphatic rings. The Morgan fingerprint density at radius 2 is 1.74 bits per heavy atom. The predicted molar refractivity (Wildman–Crippen MR) is 139 cm³/mol. The number of carbonyl (C=O) groups is 2. The molecule has 3 rings (SSSR count).